The number of aromatic nitrogens is 3. The molecule has 0 spiro atoms. The van der Waals surface area contributed by atoms with Gasteiger partial charge in [-0.2, -0.15) is 0 Å². The Bertz CT molecular complexity index is 1100. The molecule has 2 aromatic heterocycles. The first-order chi connectivity index (χ1) is 13.8. The van der Waals surface area contributed by atoms with Gasteiger partial charge in [-0.3, -0.25) is 19.6 Å². The van der Waals surface area contributed by atoms with E-state index < -0.39 is 11.6 Å². The molecule has 3 aromatic rings. The second kappa shape index (κ2) is 7.13. The smallest absolute Gasteiger partial charge is 0.272 e. The molecule has 4 rings (SSSR count). The van der Waals surface area contributed by atoms with Crippen LogP contribution in [0.5, 0.6) is 0 Å². The molecule has 0 saturated carbocycles. The Hall–Kier alpha value is -2.97. The zero-order valence-corrected chi connectivity index (χ0v) is 16.8. The van der Waals surface area contributed by atoms with E-state index in [0.29, 0.717) is 29.9 Å². The molecule has 1 saturated heterocycles. The van der Waals surface area contributed by atoms with Crippen LogP contribution in [-0.4, -0.2) is 68.7 Å². The number of rotatable bonds is 3. The zero-order valence-electron chi connectivity index (χ0n) is 16.8. The number of carbonyl (C=O) groups is 1. The van der Waals surface area contributed by atoms with E-state index >= 15 is 0 Å². The molecule has 1 amide bonds. The Labute approximate surface area is 168 Å². The second-order valence-corrected chi connectivity index (χ2v) is 7.78. The number of fused-ring (bicyclic) bond motifs is 1. The fraction of sp³-hybridized carbons (Fsp3) is 0.381. The topological polar surface area (TPSA) is 93.9 Å². The van der Waals surface area contributed by atoms with E-state index in [-0.39, 0.29) is 18.0 Å². The van der Waals surface area contributed by atoms with Crippen LogP contribution in [0, 0.1) is 6.92 Å². The molecular formula is C21H25N5O3. The van der Waals surface area contributed by atoms with Gasteiger partial charge in [0.15, 0.2) is 5.65 Å². The number of nitrogens with one attached hydrogen (secondary N) is 1. The molecule has 8 nitrogen and oxygen atoms in total. The molecule has 2 atom stereocenters. The van der Waals surface area contributed by atoms with Crippen LogP contribution in [-0.2, 0) is 5.54 Å². The standard InChI is InChI=1S/C21H25N5O3/c1-14-11-18(28)26-19(23-14)16(12-22-26)20(29)25-10-9-21(24(2)3,17(27)13-25)15-7-5-4-6-8-15/h4-8,11-12,17,22,27H,9-10,13H2,1-3H3/t17-,21+/m1/s1. The minimum atomic E-state index is -0.764. The van der Waals surface area contributed by atoms with Crippen molar-refractivity contribution >= 4 is 11.6 Å². The van der Waals surface area contributed by atoms with Crippen molar-refractivity contribution in [2.24, 2.45) is 0 Å². The molecule has 0 unspecified atom stereocenters. The highest BCUT2D eigenvalue weighted by Crippen LogP contribution is 2.38. The van der Waals surface area contributed by atoms with Gasteiger partial charge < -0.3 is 10.0 Å². The third kappa shape index (κ3) is 3.04. The van der Waals surface area contributed by atoms with Gasteiger partial charge >= 0.3 is 0 Å². The van der Waals surface area contributed by atoms with Crippen LogP contribution >= 0.6 is 0 Å². The third-order valence-corrected chi connectivity index (χ3v) is 5.92. The fourth-order valence-corrected chi connectivity index (χ4v) is 4.37. The number of benzene rings is 1. The summed E-state index contributed by atoms with van der Waals surface area (Å²) in [6.07, 6.45) is 1.33. The van der Waals surface area contributed by atoms with Gasteiger partial charge in [0.2, 0.25) is 0 Å². The van der Waals surface area contributed by atoms with Crippen LogP contribution in [0.15, 0.2) is 47.4 Å². The van der Waals surface area contributed by atoms with Crippen molar-refractivity contribution in [3.05, 3.63) is 69.8 Å². The van der Waals surface area contributed by atoms with Crippen LogP contribution in [0.2, 0.25) is 0 Å². The van der Waals surface area contributed by atoms with E-state index in [4.69, 9.17) is 0 Å². The molecule has 0 aliphatic carbocycles. The molecule has 1 aliphatic rings. The lowest BCUT2D eigenvalue weighted by Crippen LogP contribution is -2.60. The largest absolute Gasteiger partial charge is 0.389 e. The maximum atomic E-state index is 13.2. The molecule has 8 heteroatoms. The Morgan fingerprint density at radius 3 is 2.69 bits per heavy atom. The van der Waals surface area contributed by atoms with E-state index in [2.05, 4.69) is 10.1 Å². The highest BCUT2D eigenvalue weighted by atomic mass is 16.3. The number of aryl methyl sites for hydroxylation is 1. The van der Waals surface area contributed by atoms with Crippen molar-refractivity contribution in [2.75, 3.05) is 27.2 Å². The van der Waals surface area contributed by atoms with Crippen molar-refractivity contribution < 1.29 is 9.90 Å². The minimum Gasteiger partial charge on any atom is -0.389 e. The Morgan fingerprint density at radius 1 is 1.31 bits per heavy atom. The van der Waals surface area contributed by atoms with Crippen molar-refractivity contribution in [2.45, 2.75) is 25.0 Å². The SMILES string of the molecule is Cc1cc(=O)n2[nH]cc(C(=O)N3CC[C@@](c4ccccc4)(N(C)C)[C@H](O)C3)c2n1. The number of hydrogen-bond acceptors (Lipinski definition) is 5. The molecule has 1 aromatic carbocycles. The molecule has 1 aliphatic heterocycles. The van der Waals surface area contributed by atoms with E-state index in [1.807, 2.05) is 49.3 Å². The van der Waals surface area contributed by atoms with Crippen LogP contribution < -0.4 is 5.56 Å². The minimum absolute atomic E-state index is 0.194. The van der Waals surface area contributed by atoms with Crippen molar-refractivity contribution in [3.63, 3.8) is 0 Å². The number of likely N-dealkylation sites (tertiary alicyclic amines) is 1. The van der Waals surface area contributed by atoms with E-state index in [1.165, 1.54) is 16.8 Å². The normalized spacial score (nSPS) is 22.4. The number of likely N-dealkylation sites (N-methyl/N-ethyl adjacent to an activating group) is 1. The van der Waals surface area contributed by atoms with Crippen molar-refractivity contribution in [3.8, 4) is 0 Å². The summed E-state index contributed by atoms with van der Waals surface area (Å²) in [5.74, 6) is -0.249. The summed E-state index contributed by atoms with van der Waals surface area (Å²) < 4.78 is 1.26. The van der Waals surface area contributed by atoms with Gasteiger partial charge in [0, 0.05) is 31.0 Å². The molecule has 29 heavy (non-hydrogen) atoms. The summed E-state index contributed by atoms with van der Waals surface area (Å²) in [6.45, 7) is 2.40. The summed E-state index contributed by atoms with van der Waals surface area (Å²) >= 11 is 0. The summed E-state index contributed by atoms with van der Waals surface area (Å²) in [5.41, 5.74) is 1.39. The third-order valence-electron chi connectivity index (χ3n) is 5.92. The number of amides is 1. The maximum absolute atomic E-state index is 13.2. The Kier molecular flexibility index (Phi) is 4.76. The van der Waals surface area contributed by atoms with Crippen molar-refractivity contribution in [1.29, 1.82) is 0 Å². The van der Waals surface area contributed by atoms with Gasteiger partial charge in [0.25, 0.3) is 11.5 Å². The lowest BCUT2D eigenvalue weighted by molar-refractivity contribution is -0.0611. The first-order valence-electron chi connectivity index (χ1n) is 9.62. The number of hydrogen-bond donors (Lipinski definition) is 2. The van der Waals surface area contributed by atoms with Gasteiger partial charge in [-0.1, -0.05) is 30.3 Å². The molecule has 152 valence electrons. The highest BCUT2D eigenvalue weighted by Gasteiger charge is 2.46. The lowest BCUT2D eigenvalue weighted by Gasteiger charge is -2.49. The van der Waals surface area contributed by atoms with Crippen LogP contribution in [0.1, 0.15) is 28.0 Å². The fourth-order valence-electron chi connectivity index (χ4n) is 4.37. The predicted octanol–water partition coefficient (Wildman–Crippen LogP) is 0.995. The molecule has 0 radical (unpaired) electrons. The Morgan fingerprint density at radius 2 is 2.03 bits per heavy atom. The summed E-state index contributed by atoms with van der Waals surface area (Å²) in [6, 6.07) is 11.3. The van der Waals surface area contributed by atoms with E-state index in [1.54, 1.807) is 11.8 Å². The van der Waals surface area contributed by atoms with Crippen LogP contribution in [0.25, 0.3) is 5.65 Å². The first-order valence-corrected chi connectivity index (χ1v) is 9.62. The quantitative estimate of drug-likeness (QED) is 0.690. The monoisotopic (exact) mass is 395 g/mol. The number of aliphatic hydroxyl groups excluding tert-OH is 1. The Balaban J connectivity index is 1.65. The average molecular weight is 395 g/mol. The van der Waals surface area contributed by atoms with Gasteiger partial charge in [-0.15, -0.1) is 0 Å². The van der Waals surface area contributed by atoms with Gasteiger partial charge in [-0.25, -0.2) is 9.50 Å². The second-order valence-electron chi connectivity index (χ2n) is 7.78. The summed E-state index contributed by atoms with van der Waals surface area (Å²) in [7, 11) is 3.90. The first kappa shape index (κ1) is 19.4. The van der Waals surface area contributed by atoms with E-state index in [0.717, 1.165) is 5.56 Å². The maximum Gasteiger partial charge on any atom is 0.272 e. The number of nitrogens with zero attached hydrogens (tertiary/aromatic N) is 4. The zero-order chi connectivity index (χ0) is 20.8. The van der Waals surface area contributed by atoms with Crippen molar-refractivity contribution in [1.82, 2.24) is 24.4 Å². The van der Waals surface area contributed by atoms with Gasteiger partial charge in [-0.05, 0) is 33.0 Å². The number of piperidine rings is 1. The van der Waals surface area contributed by atoms with Gasteiger partial charge in [0.1, 0.15) is 5.56 Å². The predicted molar refractivity (Wildman–Crippen MR) is 109 cm³/mol. The molecule has 1 fully saturated rings. The molecule has 3 heterocycles. The lowest BCUT2D eigenvalue weighted by atomic mass is 9.77. The molecular weight excluding hydrogens is 370 g/mol. The van der Waals surface area contributed by atoms with Gasteiger partial charge in [0.05, 0.1) is 11.6 Å². The summed E-state index contributed by atoms with van der Waals surface area (Å²) in [4.78, 5) is 33.3. The number of aliphatic hydroxyl groups is 1. The number of β-amino-alcohol motifs (C(OH)–C–C–N with tert-alkyl or cyclic N) is 1. The van der Waals surface area contributed by atoms with E-state index in [9.17, 15) is 14.7 Å². The number of H-pyrrole nitrogens is 1. The number of aromatic amines is 1. The van der Waals surface area contributed by atoms with Crippen LogP contribution in [0.3, 0.4) is 0 Å². The molecule has 0 bridgehead atoms. The summed E-state index contributed by atoms with van der Waals surface area (Å²) in [5, 5.41) is 13.9. The highest BCUT2D eigenvalue weighted by molar-refractivity contribution is 5.99. The van der Waals surface area contributed by atoms with Crippen LogP contribution in [0.4, 0.5) is 0 Å². The number of carbonyl (C=O) groups excluding carboxylic acids is 1. The molecule has 2 N–H and O–H groups in total. The average Bonchev–Trinajstić information content (AvgIpc) is 3.12.